The van der Waals surface area contributed by atoms with E-state index in [2.05, 4.69) is 26.5 Å². The largest absolute Gasteiger partial charge is 0.504 e. The van der Waals surface area contributed by atoms with Crippen molar-refractivity contribution in [2.45, 2.75) is 4.90 Å². The predicted molar refractivity (Wildman–Crippen MR) is 113 cm³/mol. The van der Waals surface area contributed by atoms with Crippen LogP contribution in [0.4, 0.5) is 0 Å². The quantitative estimate of drug-likeness (QED) is 0.332. The number of hydrazone groups is 1. The van der Waals surface area contributed by atoms with Gasteiger partial charge in [0.05, 0.1) is 19.1 Å². The van der Waals surface area contributed by atoms with E-state index >= 15 is 0 Å². The molecule has 0 aliphatic rings. The van der Waals surface area contributed by atoms with Crippen molar-refractivity contribution in [2.75, 3.05) is 12.9 Å². The third kappa shape index (κ3) is 4.81. The van der Waals surface area contributed by atoms with Crippen LogP contribution in [0.25, 0.3) is 10.8 Å². The lowest BCUT2D eigenvalue weighted by Crippen LogP contribution is -2.19. The molecule has 5 nitrogen and oxygen atoms in total. The highest BCUT2D eigenvalue weighted by atomic mass is 79.9. The Labute approximate surface area is 169 Å². The minimum atomic E-state index is -0.203. The Morgan fingerprint density at radius 2 is 2.04 bits per heavy atom. The summed E-state index contributed by atoms with van der Waals surface area (Å²) in [6.45, 7) is 0. The van der Waals surface area contributed by atoms with Crippen molar-refractivity contribution in [1.29, 1.82) is 0 Å². The Morgan fingerprint density at radius 1 is 1.26 bits per heavy atom. The maximum Gasteiger partial charge on any atom is 0.250 e. The van der Waals surface area contributed by atoms with E-state index in [0.717, 1.165) is 15.7 Å². The summed E-state index contributed by atoms with van der Waals surface area (Å²) in [4.78, 5) is 13.1. The maximum absolute atomic E-state index is 12.1. The first kappa shape index (κ1) is 19.3. The van der Waals surface area contributed by atoms with E-state index in [0.29, 0.717) is 15.8 Å². The van der Waals surface area contributed by atoms with E-state index in [9.17, 15) is 9.90 Å². The average molecular weight is 445 g/mol. The molecule has 0 bridgehead atoms. The van der Waals surface area contributed by atoms with Crippen LogP contribution in [-0.4, -0.2) is 30.1 Å². The zero-order chi connectivity index (χ0) is 19.2. The van der Waals surface area contributed by atoms with Crippen LogP contribution < -0.4 is 10.2 Å². The molecule has 0 aliphatic heterocycles. The summed E-state index contributed by atoms with van der Waals surface area (Å²) in [6, 6.07) is 17.2. The van der Waals surface area contributed by atoms with E-state index in [4.69, 9.17) is 4.74 Å². The van der Waals surface area contributed by atoms with Crippen LogP contribution >= 0.6 is 27.7 Å². The number of carbonyl (C=O) groups is 1. The van der Waals surface area contributed by atoms with Crippen LogP contribution in [0.5, 0.6) is 11.5 Å². The highest BCUT2D eigenvalue weighted by molar-refractivity contribution is 9.10. The fourth-order valence-electron chi connectivity index (χ4n) is 2.49. The Morgan fingerprint density at radius 3 is 2.85 bits per heavy atom. The Bertz CT molecular complexity index is 1000. The van der Waals surface area contributed by atoms with E-state index in [1.165, 1.54) is 31.2 Å². The lowest BCUT2D eigenvalue weighted by atomic mass is 10.1. The summed E-state index contributed by atoms with van der Waals surface area (Å²) < 4.78 is 5.71. The molecule has 3 aromatic rings. The van der Waals surface area contributed by atoms with Crippen molar-refractivity contribution in [3.05, 3.63) is 64.6 Å². The first-order chi connectivity index (χ1) is 13.1. The summed E-state index contributed by atoms with van der Waals surface area (Å²) in [5, 5.41) is 16.0. The number of halogens is 1. The molecule has 0 spiro atoms. The first-order valence-corrected chi connectivity index (χ1v) is 9.85. The Balaban J connectivity index is 1.61. The van der Waals surface area contributed by atoms with Crippen molar-refractivity contribution in [2.24, 2.45) is 5.10 Å². The number of rotatable bonds is 6. The van der Waals surface area contributed by atoms with Crippen LogP contribution in [0.3, 0.4) is 0 Å². The highest BCUT2D eigenvalue weighted by Gasteiger charge is 2.07. The van der Waals surface area contributed by atoms with Gasteiger partial charge in [-0.25, -0.2) is 5.43 Å². The molecular formula is C20H17BrN2O3S. The molecule has 27 heavy (non-hydrogen) atoms. The van der Waals surface area contributed by atoms with E-state index in [-0.39, 0.29) is 17.4 Å². The van der Waals surface area contributed by atoms with Crippen LogP contribution in [0, 0.1) is 0 Å². The molecule has 0 saturated carbocycles. The third-order valence-corrected chi connectivity index (χ3v) is 5.56. The number of benzene rings is 3. The molecule has 0 saturated heterocycles. The van der Waals surface area contributed by atoms with Gasteiger partial charge in [0.25, 0.3) is 0 Å². The van der Waals surface area contributed by atoms with Crippen molar-refractivity contribution >= 4 is 50.6 Å². The molecule has 0 radical (unpaired) electrons. The summed E-state index contributed by atoms with van der Waals surface area (Å²) >= 11 is 4.81. The van der Waals surface area contributed by atoms with Crippen LogP contribution in [0.15, 0.2) is 69.1 Å². The number of carbonyl (C=O) groups excluding carboxylic acids is 1. The molecule has 0 fully saturated rings. The van der Waals surface area contributed by atoms with Gasteiger partial charge in [-0.3, -0.25) is 4.79 Å². The van der Waals surface area contributed by atoms with Gasteiger partial charge in [-0.15, -0.1) is 11.8 Å². The summed E-state index contributed by atoms with van der Waals surface area (Å²) in [5.74, 6) is 0.409. The number of phenolic OH excluding ortho intramolecular Hbond substituents is 1. The van der Waals surface area contributed by atoms with Gasteiger partial charge < -0.3 is 9.84 Å². The van der Waals surface area contributed by atoms with Crippen molar-refractivity contribution < 1.29 is 14.6 Å². The second kappa shape index (κ2) is 8.92. The van der Waals surface area contributed by atoms with Gasteiger partial charge in [0.1, 0.15) is 0 Å². The second-order valence-corrected chi connectivity index (χ2v) is 7.48. The highest BCUT2D eigenvalue weighted by Crippen LogP contribution is 2.31. The molecular weight excluding hydrogens is 428 g/mol. The molecule has 2 N–H and O–H groups in total. The molecule has 3 aromatic carbocycles. The number of nitrogens with one attached hydrogen (secondary N) is 1. The molecule has 3 rings (SSSR count). The molecule has 1 amide bonds. The lowest BCUT2D eigenvalue weighted by Gasteiger charge is -2.07. The summed E-state index contributed by atoms with van der Waals surface area (Å²) in [7, 11) is 1.47. The van der Waals surface area contributed by atoms with Gasteiger partial charge in [0.2, 0.25) is 5.91 Å². The van der Waals surface area contributed by atoms with Crippen molar-refractivity contribution in [3.63, 3.8) is 0 Å². The van der Waals surface area contributed by atoms with E-state index in [1.807, 2.05) is 42.5 Å². The first-order valence-electron chi connectivity index (χ1n) is 8.07. The Hall–Kier alpha value is -2.51. The number of methoxy groups -OCH3 is 1. The van der Waals surface area contributed by atoms with Crippen LogP contribution in [-0.2, 0) is 4.79 Å². The number of ether oxygens (including phenoxy) is 1. The summed E-state index contributed by atoms with van der Waals surface area (Å²) in [6.07, 6.45) is 1.49. The van der Waals surface area contributed by atoms with Gasteiger partial charge in [0.15, 0.2) is 11.5 Å². The Kier molecular flexibility index (Phi) is 6.36. The average Bonchev–Trinajstić information content (AvgIpc) is 2.68. The normalized spacial score (nSPS) is 11.0. The molecule has 0 atom stereocenters. The van der Waals surface area contributed by atoms with Crippen LogP contribution in [0.2, 0.25) is 0 Å². The molecule has 0 unspecified atom stereocenters. The van der Waals surface area contributed by atoms with Crippen molar-refractivity contribution in [3.8, 4) is 11.5 Å². The smallest absolute Gasteiger partial charge is 0.250 e. The monoisotopic (exact) mass is 444 g/mol. The van der Waals surface area contributed by atoms with Gasteiger partial charge in [-0.1, -0.05) is 36.4 Å². The predicted octanol–water partition coefficient (Wildman–Crippen LogP) is 4.56. The number of phenols is 1. The van der Waals surface area contributed by atoms with Gasteiger partial charge >= 0.3 is 0 Å². The fourth-order valence-corrected chi connectivity index (χ4v) is 3.79. The standard InChI is InChI=1S/C20H17BrN2O3S/c1-26-18-9-14(16(21)10-17(18)24)11-22-23-20(25)12-27-19-8-4-6-13-5-2-3-7-15(13)19/h2-11,24H,12H2,1H3,(H,23,25). The number of aromatic hydroxyl groups is 1. The third-order valence-electron chi connectivity index (χ3n) is 3.80. The SMILES string of the molecule is COc1cc(C=NNC(=O)CSc2cccc3ccccc23)c(Br)cc1O. The number of fused-ring (bicyclic) bond motifs is 1. The molecule has 138 valence electrons. The number of thioether (sulfide) groups is 1. The van der Waals surface area contributed by atoms with Crippen molar-refractivity contribution in [1.82, 2.24) is 5.43 Å². The molecule has 7 heteroatoms. The number of amides is 1. The summed E-state index contributed by atoms with van der Waals surface area (Å²) in [5.41, 5.74) is 3.19. The minimum Gasteiger partial charge on any atom is -0.504 e. The van der Waals surface area contributed by atoms with E-state index < -0.39 is 0 Å². The second-order valence-electron chi connectivity index (χ2n) is 5.60. The topological polar surface area (TPSA) is 70.9 Å². The van der Waals surface area contributed by atoms with Gasteiger partial charge in [-0.2, -0.15) is 5.10 Å². The minimum absolute atomic E-state index is 0.0250. The zero-order valence-electron chi connectivity index (χ0n) is 14.5. The number of hydrogen-bond acceptors (Lipinski definition) is 5. The van der Waals surface area contributed by atoms with Crippen LogP contribution in [0.1, 0.15) is 5.56 Å². The van der Waals surface area contributed by atoms with E-state index in [1.54, 1.807) is 6.07 Å². The molecule has 0 heterocycles. The lowest BCUT2D eigenvalue weighted by molar-refractivity contribution is -0.118. The van der Waals surface area contributed by atoms with Gasteiger partial charge in [0, 0.05) is 14.9 Å². The molecule has 0 aromatic heterocycles. The number of nitrogens with zero attached hydrogens (tertiary/aromatic N) is 1. The van der Waals surface area contributed by atoms with Gasteiger partial charge in [-0.05, 0) is 44.9 Å². The zero-order valence-corrected chi connectivity index (χ0v) is 16.9. The molecule has 0 aliphatic carbocycles. The maximum atomic E-state index is 12.1. The number of hydrogen-bond donors (Lipinski definition) is 2. The fraction of sp³-hybridized carbons (Fsp3) is 0.100.